The fraction of sp³-hybridized carbons (Fsp3) is 0.241. The van der Waals surface area contributed by atoms with Gasteiger partial charge in [-0.3, -0.25) is 9.69 Å². The number of benzene rings is 3. The van der Waals surface area contributed by atoms with E-state index >= 15 is 0 Å². The molecule has 0 bridgehead atoms. The number of hydrogen-bond donors (Lipinski definition) is 1. The second kappa shape index (κ2) is 11.1. The highest BCUT2D eigenvalue weighted by Crippen LogP contribution is 2.24. The van der Waals surface area contributed by atoms with Gasteiger partial charge in [-0.1, -0.05) is 57.2 Å². The third-order valence-corrected chi connectivity index (χ3v) is 6.62. The number of nitrogens with zero attached hydrogens (tertiary/aromatic N) is 2. The van der Waals surface area contributed by atoms with Crippen LogP contribution >= 0.6 is 11.3 Å². The van der Waals surface area contributed by atoms with E-state index in [0.717, 1.165) is 16.1 Å². The molecule has 0 unspecified atom stereocenters. The van der Waals surface area contributed by atoms with Crippen LogP contribution in [0.15, 0.2) is 78.2 Å². The first-order chi connectivity index (χ1) is 17.2. The number of carbonyl (C=O) groups excluding carboxylic acids is 1. The molecule has 7 heteroatoms. The molecule has 0 spiro atoms. The van der Waals surface area contributed by atoms with Crippen molar-refractivity contribution in [2.75, 3.05) is 5.32 Å². The van der Waals surface area contributed by atoms with Gasteiger partial charge >= 0.3 is 0 Å². The fourth-order valence-corrected chi connectivity index (χ4v) is 4.61. The topological polar surface area (TPSA) is 45.2 Å². The number of hydrogen-bond acceptors (Lipinski definition) is 4. The van der Waals surface area contributed by atoms with Crippen molar-refractivity contribution in [3.63, 3.8) is 0 Å². The van der Waals surface area contributed by atoms with Crippen molar-refractivity contribution >= 4 is 22.9 Å². The van der Waals surface area contributed by atoms with Crippen LogP contribution in [0.5, 0.6) is 0 Å². The maximum atomic E-state index is 13.4. The van der Waals surface area contributed by atoms with Gasteiger partial charge in [0, 0.05) is 24.2 Å². The van der Waals surface area contributed by atoms with Gasteiger partial charge in [0.25, 0.3) is 5.91 Å². The Labute approximate surface area is 214 Å². The zero-order chi connectivity index (χ0) is 25.7. The molecule has 1 amide bonds. The summed E-state index contributed by atoms with van der Waals surface area (Å²) in [6.45, 7) is 8.39. The summed E-state index contributed by atoms with van der Waals surface area (Å²) >= 11 is 1.41. The van der Waals surface area contributed by atoms with Crippen molar-refractivity contribution in [1.82, 2.24) is 9.88 Å². The summed E-state index contributed by atoms with van der Waals surface area (Å²) in [6.07, 6.45) is 0. The first-order valence-corrected chi connectivity index (χ1v) is 12.6. The SMILES string of the molecule is CC(C)(C)c1ccc(CN(Cc2ccc(F)cc2)Cc2nc(C(=O)Nc3ccc(F)cc3)cs2)cc1. The molecule has 1 N–H and O–H groups in total. The van der Waals surface area contributed by atoms with Crippen molar-refractivity contribution in [2.45, 2.75) is 45.8 Å². The summed E-state index contributed by atoms with van der Waals surface area (Å²) in [5.74, 6) is -0.968. The Kier molecular flexibility index (Phi) is 7.91. The first kappa shape index (κ1) is 25.7. The van der Waals surface area contributed by atoms with Crippen LogP contribution in [0.25, 0.3) is 0 Å². The van der Waals surface area contributed by atoms with Gasteiger partial charge in [0.15, 0.2) is 0 Å². The predicted molar refractivity (Wildman–Crippen MR) is 141 cm³/mol. The van der Waals surface area contributed by atoms with Gasteiger partial charge in [-0.05, 0) is 58.5 Å². The molecular formula is C29H29F2N3OS. The van der Waals surface area contributed by atoms with Gasteiger partial charge in [-0.15, -0.1) is 11.3 Å². The zero-order valence-electron chi connectivity index (χ0n) is 20.6. The fourth-order valence-electron chi connectivity index (χ4n) is 3.79. The summed E-state index contributed by atoms with van der Waals surface area (Å²) in [5.41, 5.74) is 4.33. The highest BCUT2D eigenvalue weighted by molar-refractivity contribution is 7.09. The summed E-state index contributed by atoms with van der Waals surface area (Å²) in [5, 5.41) is 5.27. The van der Waals surface area contributed by atoms with E-state index in [4.69, 9.17) is 0 Å². The minimum Gasteiger partial charge on any atom is -0.321 e. The largest absolute Gasteiger partial charge is 0.321 e. The number of aromatic nitrogens is 1. The minimum absolute atomic E-state index is 0.0815. The lowest BCUT2D eigenvalue weighted by molar-refractivity contribution is 0.102. The number of halogens is 2. The quantitative estimate of drug-likeness (QED) is 0.276. The lowest BCUT2D eigenvalue weighted by Gasteiger charge is -2.23. The van der Waals surface area contributed by atoms with Gasteiger partial charge in [-0.2, -0.15) is 0 Å². The van der Waals surface area contributed by atoms with Crippen LogP contribution in [0.1, 0.15) is 53.0 Å². The van der Waals surface area contributed by atoms with E-state index in [1.165, 1.54) is 53.3 Å². The van der Waals surface area contributed by atoms with Gasteiger partial charge < -0.3 is 5.32 Å². The Morgan fingerprint density at radius 3 is 1.92 bits per heavy atom. The Morgan fingerprint density at radius 1 is 0.833 bits per heavy atom. The molecule has 4 nitrogen and oxygen atoms in total. The van der Waals surface area contributed by atoms with Crippen LogP contribution in [-0.4, -0.2) is 15.8 Å². The molecule has 0 atom stereocenters. The van der Waals surface area contributed by atoms with Gasteiger partial charge in [0.05, 0.1) is 6.54 Å². The molecule has 36 heavy (non-hydrogen) atoms. The van der Waals surface area contributed by atoms with Crippen molar-refractivity contribution in [3.05, 3.63) is 117 Å². The van der Waals surface area contributed by atoms with E-state index in [2.05, 4.69) is 60.2 Å². The van der Waals surface area contributed by atoms with E-state index in [0.29, 0.717) is 31.0 Å². The molecule has 0 aliphatic heterocycles. The smallest absolute Gasteiger partial charge is 0.275 e. The lowest BCUT2D eigenvalue weighted by Crippen LogP contribution is -2.23. The molecule has 3 aromatic carbocycles. The average molecular weight is 506 g/mol. The maximum absolute atomic E-state index is 13.4. The maximum Gasteiger partial charge on any atom is 0.275 e. The van der Waals surface area contributed by atoms with Gasteiger partial charge in [-0.25, -0.2) is 13.8 Å². The predicted octanol–water partition coefficient (Wildman–Crippen LogP) is 7.17. The number of thiazole rings is 1. The number of amides is 1. The molecule has 0 aliphatic rings. The molecular weight excluding hydrogens is 476 g/mol. The molecule has 0 saturated carbocycles. The van der Waals surface area contributed by atoms with Crippen LogP contribution in [0.4, 0.5) is 14.5 Å². The van der Waals surface area contributed by atoms with E-state index in [1.807, 2.05) is 0 Å². The summed E-state index contributed by atoms with van der Waals surface area (Å²) in [7, 11) is 0. The molecule has 1 heterocycles. The molecule has 0 radical (unpaired) electrons. The molecule has 1 aromatic heterocycles. The average Bonchev–Trinajstić information content (AvgIpc) is 3.30. The molecule has 186 valence electrons. The van der Waals surface area contributed by atoms with E-state index in [9.17, 15) is 13.6 Å². The normalized spacial score (nSPS) is 11.6. The molecule has 4 rings (SSSR count). The van der Waals surface area contributed by atoms with E-state index in [-0.39, 0.29) is 23.0 Å². The highest BCUT2D eigenvalue weighted by Gasteiger charge is 2.16. The monoisotopic (exact) mass is 505 g/mol. The van der Waals surface area contributed by atoms with Crippen LogP contribution in [0.2, 0.25) is 0 Å². The summed E-state index contributed by atoms with van der Waals surface area (Å²) < 4.78 is 26.6. The Hall–Kier alpha value is -3.42. The third-order valence-electron chi connectivity index (χ3n) is 5.79. The van der Waals surface area contributed by atoms with Crippen molar-refractivity contribution in [2.24, 2.45) is 0 Å². The van der Waals surface area contributed by atoms with E-state index in [1.54, 1.807) is 17.5 Å². The third kappa shape index (κ3) is 7.06. The standard InChI is InChI=1S/C29H29F2N3OS/c1-29(2,3)22-8-4-20(5-9-22)16-34(17-21-6-10-23(30)11-7-21)18-27-33-26(19-36-27)28(35)32-25-14-12-24(31)13-15-25/h4-15,19H,16-18H2,1-3H3,(H,32,35). The highest BCUT2D eigenvalue weighted by atomic mass is 32.1. The van der Waals surface area contributed by atoms with Crippen molar-refractivity contribution in [3.8, 4) is 0 Å². The van der Waals surface area contributed by atoms with Gasteiger partial charge in [0.2, 0.25) is 0 Å². The lowest BCUT2D eigenvalue weighted by atomic mass is 9.87. The van der Waals surface area contributed by atoms with E-state index < -0.39 is 0 Å². The molecule has 0 saturated heterocycles. The number of nitrogens with one attached hydrogen (secondary N) is 1. The van der Waals surface area contributed by atoms with Crippen LogP contribution in [-0.2, 0) is 25.0 Å². The Bertz CT molecular complexity index is 1290. The van der Waals surface area contributed by atoms with Crippen LogP contribution in [0, 0.1) is 11.6 Å². The second-order valence-corrected chi connectivity index (χ2v) is 10.7. The first-order valence-electron chi connectivity index (χ1n) is 11.7. The number of rotatable bonds is 8. The van der Waals surface area contributed by atoms with Crippen LogP contribution < -0.4 is 5.32 Å². The molecule has 4 aromatic rings. The second-order valence-electron chi connectivity index (χ2n) is 9.81. The Balaban J connectivity index is 1.48. The van der Waals surface area contributed by atoms with Crippen LogP contribution in [0.3, 0.4) is 0 Å². The van der Waals surface area contributed by atoms with Crippen molar-refractivity contribution < 1.29 is 13.6 Å². The Morgan fingerprint density at radius 2 is 1.36 bits per heavy atom. The molecule has 0 aliphatic carbocycles. The number of carbonyl (C=O) groups is 1. The summed E-state index contributed by atoms with van der Waals surface area (Å²) in [4.78, 5) is 19.4. The zero-order valence-corrected chi connectivity index (χ0v) is 21.4. The molecule has 0 fully saturated rings. The summed E-state index contributed by atoms with van der Waals surface area (Å²) in [6, 6.07) is 20.7. The van der Waals surface area contributed by atoms with Crippen molar-refractivity contribution in [1.29, 1.82) is 0 Å². The minimum atomic E-state index is -0.363. The number of anilines is 1. The van der Waals surface area contributed by atoms with Gasteiger partial charge in [0.1, 0.15) is 22.3 Å².